The van der Waals surface area contributed by atoms with E-state index < -0.39 is 11.8 Å². The molecular formula is C20H24N2O3. The molecular weight excluding hydrogens is 316 g/mol. The Morgan fingerprint density at radius 3 is 2.32 bits per heavy atom. The molecule has 5 heteroatoms. The molecule has 0 heterocycles. The van der Waals surface area contributed by atoms with Crippen LogP contribution in [0.2, 0.25) is 0 Å². The third-order valence-electron chi connectivity index (χ3n) is 3.63. The minimum atomic E-state index is -0.687. The van der Waals surface area contributed by atoms with Gasteiger partial charge in [-0.25, -0.2) is 0 Å². The standard InChI is InChI=1S/C20H24N2O3/c1-2-3-7-14-25-18-12-10-17(11-13-18)22-20(24)19(23)21-15-16-8-5-4-6-9-16/h4-6,8-13H,2-3,7,14-15H2,1H3,(H,21,23)(H,22,24). The summed E-state index contributed by atoms with van der Waals surface area (Å²) in [5.74, 6) is -0.598. The molecule has 0 spiro atoms. The first-order valence-electron chi connectivity index (χ1n) is 8.55. The number of benzene rings is 2. The van der Waals surface area contributed by atoms with Crippen molar-refractivity contribution in [3.05, 3.63) is 60.2 Å². The molecule has 0 aliphatic heterocycles. The molecule has 0 atom stereocenters. The van der Waals surface area contributed by atoms with Gasteiger partial charge in [0, 0.05) is 12.2 Å². The topological polar surface area (TPSA) is 67.4 Å². The molecule has 2 amide bonds. The molecule has 0 saturated heterocycles. The van der Waals surface area contributed by atoms with Crippen LogP contribution >= 0.6 is 0 Å². The highest BCUT2D eigenvalue weighted by Gasteiger charge is 2.13. The highest BCUT2D eigenvalue weighted by atomic mass is 16.5. The summed E-state index contributed by atoms with van der Waals surface area (Å²) >= 11 is 0. The van der Waals surface area contributed by atoms with Crippen LogP contribution in [0, 0.1) is 0 Å². The zero-order valence-electron chi connectivity index (χ0n) is 14.5. The Labute approximate surface area is 148 Å². The Morgan fingerprint density at radius 2 is 1.64 bits per heavy atom. The molecule has 0 aliphatic rings. The molecule has 2 aromatic rings. The van der Waals surface area contributed by atoms with Gasteiger partial charge in [-0.15, -0.1) is 0 Å². The summed E-state index contributed by atoms with van der Waals surface area (Å²) < 4.78 is 5.61. The van der Waals surface area contributed by atoms with Crippen molar-refractivity contribution in [2.75, 3.05) is 11.9 Å². The number of rotatable bonds is 8. The van der Waals surface area contributed by atoms with Gasteiger partial charge in [0.2, 0.25) is 0 Å². The van der Waals surface area contributed by atoms with Crippen LogP contribution in [0.25, 0.3) is 0 Å². The van der Waals surface area contributed by atoms with E-state index in [-0.39, 0.29) is 0 Å². The largest absolute Gasteiger partial charge is 0.494 e. The average molecular weight is 340 g/mol. The van der Waals surface area contributed by atoms with E-state index in [1.807, 2.05) is 30.3 Å². The number of amides is 2. The number of carbonyl (C=O) groups is 2. The zero-order valence-corrected chi connectivity index (χ0v) is 14.5. The molecule has 0 aliphatic carbocycles. The molecule has 2 aromatic carbocycles. The van der Waals surface area contributed by atoms with Crippen molar-refractivity contribution >= 4 is 17.5 Å². The molecule has 0 unspecified atom stereocenters. The quantitative estimate of drug-likeness (QED) is 0.571. The first kappa shape index (κ1) is 18.5. The van der Waals surface area contributed by atoms with Crippen molar-refractivity contribution in [1.82, 2.24) is 5.32 Å². The first-order chi connectivity index (χ1) is 12.2. The van der Waals surface area contributed by atoms with E-state index >= 15 is 0 Å². The second-order valence-corrected chi connectivity index (χ2v) is 5.70. The maximum Gasteiger partial charge on any atom is 0.313 e. The molecule has 0 fully saturated rings. The minimum absolute atomic E-state index is 0.317. The van der Waals surface area contributed by atoms with E-state index in [0.29, 0.717) is 18.8 Å². The zero-order chi connectivity index (χ0) is 17.9. The molecule has 2 rings (SSSR count). The van der Waals surface area contributed by atoms with Crippen LogP contribution in [-0.4, -0.2) is 18.4 Å². The normalized spacial score (nSPS) is 10.1. The summed E-state index contributed by atoms with van der Waals surface area (Å²) in [6, 6.07) is 16.4. The van der Waals surface area contributed by atoms with Gasteiger partial charge in [-0.2, -0.15) is 0 Å². The van der Waals surface area contributed by atoms with E-state index in [0.717, 1.165) is 30.6 Å². The van der Waals surface area contributed by atoms with Gasteiger partial charge in [0.1, 0.15) is 5.75 Å². The number of nitrogens with one attached hydrogen (secondary N) is 2. The summed E-state index contributed by atoms with van der Waals surface area (Å²) in [7, 11) is 0. The van der Waals surface area contributed by atoms with Crippen molar-refractivity contribution in [2.45, 2.75) is 32.7 Å². The number of carbonyl (C=O) groups excluding carboxylic acids is 2. The fourth-order valence-corrected chi connectivity index (χ4v) is 2.22. The summed E-state index contributed by atoms with van der Waals surface area (Å²) in [4.78, 5) is 23.8. The lowest BCUT2D eigenvalue weighted by Gasteiger charge is -2.08. The summed E-state index contributed by atoms with van der Waals surface area (Å²) in [6.45, 7) is 3.15. The Balaban J connectivity index is 1.76. The van der Waals surface area contributed by atoms with Crippen molar-refractivity contribution in [2.24, 2.45) is 0 Å². The van der Waals surface area contributed by atoms with Crippen molar-refractivity contribution in [3.63, 3.8) is 0 Å². The van der Waals surface area contributed by atoms with Gasteiger partial charge in [0.25, 0.3) is 0 Å². The minimum Gasteiger partial charge on any atom is -0.494 e. The summed E-state index contributed by atoms with van der Waals surface area (Å²) in [6.07, 6.45) is 3.32. The molecule has 132 valence electrons. The number of unbranched alkanes of at least 4 members (excludes halogenated alkanes) is 2. The van der Waals surface area contributed by atoms with Gasteiger partial charge in [-0.05, 0) is 36.2 Å². The fourth-order valence-electron chi connectivity index (χ4n) is 2.22. The molecule has 0 bridgehead atoms. The van der Waals surface area contributed by atoms with Gasteiger partial charge >= 0.3 is 11.8 Å². The van der Waals surface area contributed by atoms with Gasteiger partial charge in [0.15, 0.2) is 0 Å². The Kier molecular flexibility index (Phi) is 7.50. The molecule has 0 saturated carbocycles. The van der Waals surface area contributed by atoms with E-state index in [1.54, 1.807) is 24.3 Å². The van der Waals surface area contributed by atoms with E-state index in [4.69, 9.17) is 4.74 Å². The SMILES string of the molecule is CCCCCOc1ccc(NC(=O)C(=O)NCc2ccccc2)cc1. The highest BCUT2D eigenvalue weighted by Crippen LogP contribution is 2.16. The Morgan fingerprint density at radius 1 is 0.920 bits per heavy atom. The lowest BCUT2D eigenvalue weighted by molar-refractivity contribution is -0.136. The highest BCUT2D eigenvalue weighted by molar-refractivity contribution is 6.39. The van der Waals surface area contributed by atoms with Crippen molar-refractivity contribution in [1.29, 1.82) is 0 Å². The van der Waals surface area contributed by atoms with Crippen LogP contribution in [0.5, 0.6) is 5.75 Å². The molecule has 0 aromatic heterocycles. The van der Waals surface area contributed by atoms with Crippen LogP contribution in [0.15, 0.2) is 54.6 Å². The van der Waals surface area contributed by atoms with Crippen LogP contribution in [0.1, 0.15) is 31.7 Å². The maximum absolute atomic E-state index is 11.9. The maximum atomic E-state index is 11.9. The molecule has 0 radical (unpaired) electrons. The summed E-state index contributed by atoms with van der Waals surface area (Å²) in [5, 5.41) is 5.17. The second-order valence-electron chi connectivity index (χ2n) is 5.70. The number of hydrogen-bond acceptors (Lipinski definition) is 3. The van der Waals surface area contributed by atoms with E-state index in [1.165, 1.54) is 0 Å². The monoisotopic (exact) mass is 340 g/mol. The fraction of sp³-hybridized carbons (Fsp3) is 0.300. The number of ether oxygens (including phenoxy) is 1. The Hall–Kier alpha value is -2.82. The van der Waals surface area contributed by atoms with Gasteiger partial charge < -0.3 is 15.4 Å². The summed E-state index contributed by atoms with van der Waals surface area (Å²) in [5.41, 5.74) is 1.49. The predicted octanol–water partition coefficient (Wildman–Crippen LogP) is 3.51. The van der Waals surface area contributed by atoms with Gasteiger partial charge in [-0.1, -0.05) is 50.1 Å². The van der Waals surface area contributed by atoms with E-state index in [2.05, 4.69) is 17.6 Å². The third kappa shape index (κ3) is 6.67. The average Bonchev–Trinajstić information content (AvgIpc) is 2.65. The van der Waals surface area contributed by atoms with Crippen LogP contribution < -0.4 is 15.4 Å². The number of hydrogen-bond donors (Lipinski definition) is 2. The smallest absolute Gasteiger partial charge is 0.313 e. The lowest BCUT2D eigenvalue weighted by Crippen LogP contribution is -2.34. The van der Waals surface area contributed by atoms with Crippen molar-refractivity contribution in [3.8, 4) is 5.75 Å². The van der Waals surface area contributed by atoms with Gasteiger partial charge in [-0.3, -0.25) is 9.59 Å². The lowest BCUT2D eigenvalue weighted by atomic mass is 10.2. The van der Waals surface area contributed by atoms with Crippen LogP contribution in [0.3, 0.4) is 0 Å². The second kappa shape index (κ2) is 10.1. The first-order valence-corrected chi connectivity index (χ1v) is 8.55. The van der Waals surface area contributed by atoms with Crippen LogP contribution in [-0.2, 0) is 16.1 Å². The Bertz CT molecular complexity index is 669. The molecule has 25 heavy (non-hydrogen) atoms. The number of anilines is 1. The molecule has 2 N–H and O–H groups in total. The predicted molar refractivity (Wildman–Crippen MR) is 98.4 cm³/mol. The molecule has 5 nitrogen and oxygen atoms in total. The van der Waals surface area contributed by atoms with E-state index in [9.17, 15) is 9.59 Å². The third-order valence-corrected chi connectivity index (χ3v) is 3.63. The van der Waals surface area contributed by atoms with Crippen molar-refractivity contribution < 1.29 is 14.3 Å². The van der Waals surface area contributed by atoms with Crippen LogP contribution in [0.4, 0.5) is 5.69 Å². The van der Waals surface area contributed by atoms with Gasteiger partial charge in [0.05, 0.1) is 6.61 Å².